The van der Waals surface area contributed by atoms with E-state index >= 15 is 0 Å². The summed E-state index contributed by atoms with van der Waals surface area (Å²) < 4.78 is 0. The molecule has 0 atom stereocenters. The molecule has 0 bridgehead atoms. The Bertz CT molecular complexity index is 440. The number of carbonyl (C=O) groups is 1. The lowest BCUT2D eigenvalue weighted by Gasteiger charge is -2.27. The lowest BCUT2D eigenvalue weighted by atomic mass is 9.87. The number of hydrogen-bond donors (Lipinski definition) is 3. The van der Waals surface area contributed by atoms with Crippen LogP contribution in [0.1, 0.15) is 43.0 Å². The first kappa shape index (κ1) is 12.7. The van der Waals surface area contributed by atoms with Gasteiger partial charge in [-0.15, -0.1) is 0 Å². The van der Waals surface area contributed by atoms with Gasteiger partial charge in [0.1, 0.15) is 11.4 Å². The van der Waals surface area contributed by atoms with E-state index in [2.05, 4.69) is 17.2 Å². The zero-order chi connectivity index (χ0) is 13.1. The van der Waals surface area contributed by atoms with Gasteiger partial charge < -0.3 is 16.2 Å². The van der Waals surface area contributed by atoms with Gasteiger partial charge in [-0.3, -0.25) is 0 Å². The summed E-state index contributed by atoms with van der Waals surface area (Å²) in [5, 5.41) is 12.4. The molecule has 1 heterocycles. The third-order valence-corrected chi connectivity index (χ3v) is 3.50. The van der Waals surface area contributed by atoms with E-state index < -0.39 is 5.97 Å². The molecule has 1 aliphatic carbocycles. The van der Waals surface area contributed by atoms with Crippen molar-refractivity contribution in [1.29, 1.82) is 0 Å². The number of nitrogens with zero attached hydrogens (tertiary/aromatic N) is 1. The first-order valence-electron chi connectivity index (χ1n) is 6.31. The van der Waals surface area contributed by atoms with Crippen molar-refractivity contribution in [2.24, 2.45) is 5.92 Å². The third-order valence-electron chi connectivity index (χ3n) is 3.50. The Morgan fingerprint density at radius 3 is 2.72 bits per heavy atom. The molecule has 0 unspecified atom stereocenters. The van der Waals surface area contributed by atoms with Crippen LogP contribution in [-0.4, -0.2) is 22.1 Å². The van der Waals surface area contributed by atoms with Crippen LogP contribution in [0.5, 0.6) is 0 Å². The molecule has 1 saturated carbocycles. The number of nitrogens with one attached hydrogen (secondary N) is 1. The summed E-state index contributed by atoms with van der Waals surface area (Å²) in [5.74, 6) is 0.194. The maximum absolute atomic E-state index is 11.1. The molecule has 0 aliphatic heterocycles. The van der Waals surface area contributed by atoms with Crippen LogP contribution in [0.3, 0.4) is 0 Å². The summed E-state index contributed by atoms with van der Waals surface area (Å²) in [6, 6.07) is 1.76. The Morgan fingerprint density at radius 2 is 2.11 bits per heavy atom. The average Bonchev–Trinajstić information content (AvgIpc) is 2.34. The lowest BCUT2D eigenvalue weighted by Crippen LogP contribution is -2.26. The Morgan fingerprint density at radius 1 is 1.44 bits per heavy atom. The molecule has 1 aromatic heterocycles. The maximum Gasteiger partial charge on any atom is 0.339 e. The summed E-state index contributed by atoms with van der Waals surface area (Å²) >= 11 is 0. The summed E-state index contributed by atoms with van der Waals surface area (Å²) in [7, 11) is 0. The summed E-state index contributed by atoms with van der Waals surface area (Å²) in [5.41, 5.74) is 6.08. The predicted octanol–water partition coefficient (Wildman–Crippen LogP) is 2.35. The van der Waals surface area contributed by atoms with Gasteiger partial charge in [-0.1, -0.05) is 6.92 Å². The van der Waals surface area contributed by atoms with Gasteiger partial charge in [0.2, 0.25) is 0 Å². The molecule has 2 rings (SSSR count). The quantitative estimate of drug-likeness (QED) is 0.765. The van der Waals surface area contributed by atoms with Gasteiger partial charge in [0.15, 0.2) is 0 Å². The molecule has 0 radical (unpaired) electrons. The fourth-order valence-electron chi connectivity index (χ4n) is 2.36. The zero-order valence-corrected chi connectivity index (χ0v) is 10.5. The number of aromatic nitrogens is 1. The molecule has 1 aromatic rings. The number of anilines is 2. The summed E-state index contributed by atoms with van der Waals surface area (Å²) in [4.78, 5) is 15.2. The highest BCUT2D eigenvalue weighted by atomic mass is 16.4. The Balaban J connectivity index is 2.11. The van der Waals surface area contributed by atoms with Gasteiger partial charge in [-0.25, -0.2) is 9.78 Å². The molecule has 0 saturated heterocycles. The SMILES string of the molecule is CC1CCC(Nc2ncc(N)cc2C(=O)O)CC1. The van der Waals surface area contributed by atoms with Crippen molar-refractivity contribution in [1.82, 2.24) is 4.98 Å². The van der Waals surface area contributed by atoms with Crippen molar-refractivity contribution in [3.63, 3.8) is 0 Å². The van der Waals surface area contributed by atoms with Gasteiger partial charge >= 0.3 is 5.97 Å². The second-order valence-electron chi connectivity index (χ2n) is 5.07. The van der Waals surface area contributed by atoms with Gasteiger partial charge in [-0.05, 0) is 37.7 Å². The lowest BCUT2D eigenvalue weighted by molar-refractivity contribution is 0.0697. The third kappa shape index (κ3) is 2.91. The zero-order valence-electron chi connectivity index (χ0n) is 10.5. The van der Waals surface area contributed by atoms with E-state index in [4.69, 9.17) is 10.8 Å². The molecule has 0 amide bonds. The number of carboxylic acids is 1. The Kier molecular flexibility index (Phi) is 3.69. The first-order chi connectivity index (χ1) is 8.56. The van der Waals surface area contributed by atoms with Crippen molar-refractivity contribution in [3.8, 4) is 0 Å². The van der Waals surface area contributed by atoms with Gasteiger partial charge in [0.25, 0.3) is 0 Å². The molecule has 5 nitrogen and oxygen atoms in total. The van der Waals surface area contributed by atoms with Crippen molar-refractivity contribution in [2.45, 2.75) is 38.6 Å². The maximum atomic E-state index is 11.1. The minimum absolute atomic E-state index is 0.147. The van der Waals surface area contributed by atoms with Gasteiger partial charge in [0.05, 0.1) is 11.9 Å². The fourth-order valence-corrected chi connectivity index (χ4v) is 2.36. The second-order valence-corrected chi connectivity index (χ2v) is 5.07. The Labute approximate surface area is 106 Å². The molecule has 18 heavy (non-hydrogen) atoms. The van der Waals surface area contributed by atoms with Crippen molar-refractivity contribution < 1.29 is 9.90 Å². The Hall–Kier alpha value is -1.78. The van der Waals surface area contributed by atoms with Crippen LogP contribution in [0, 0.1) is 5.92 Å². The normalized spacial score (nSPS) is 23.6. The van der Waals surface area contributed by atoms with Gasteiger partial charge in [-0.2, -0.15) is 0 Å². The predicted molar refractivity (Wildman–Crippen MR) is 70.7 cm³/mol. The number of rotatable bonds is 3. The van der Waals surface area contributed by atoms with Crippen LogP contribution in [0.2, 0.25) is 0 Å². The molecule has 5 heteroatoms. The minimum atomic E-state index is -0.999. The highest BCUT2D eigenvalue weighted by Crippen LogP contribution is 2.26. The molecule has 0 aromatic carbocycles. The first-order valence-corrected chi connectivity index (χ1v) is 6.31. The number of carboxylic acid groups (broad SMARTS) is 1. The van der Waals surface area contributed by atoms with E-state index in [1.807, 2.05) is 0 Å². The monoisotopic (exact) mass is 249 g/mol. The van der Waals surface area contributed by atoms with E-state index in [-0.39, 0.29) is 5.56 Å². The number of hydrogen-bond acceptors (Lipinski definition) is 4. The van der Waals surface area contributed by atoms with E-state index in [9.17, 15) is 4.79 Å². The molecular formula is C13H19N3O2. The average molecular weight is 249 g/mol. The van der Waals surface area contributed by atoms with Crippen LogP contribution in [0.4, 0.5) is 11.5 Å². The summed E-state index contributed by atoms with van der Waals surface area (Å²) in [6.07, 6.45) is 5.96. The van der Waals surface area contributed by atoms with Crippen LogP contribution in [0.25, 0.3) is 0 Å². The molecule has 1 fully saturated rings. The summed E-state index contributed by atoms with van der Waals surface area (Å²) in [6.45, 7) is 2.25. The van der Waals surface area contributed by atoms with E-state index in [1.165, 1.54) is 25.1 Å². The van der Waals surface area contributed by atoms with Crippen LogP contribution >= 0.6 is 0 Å². The number of nitrogens with two attached hydrogens (primary N) is 1. The highest BCUT2D eigenvalue weighted by molar-refractivity contribution is 5.94. The fraction of sp³-hybridized carbons (Fsp3) is 0.538. The molecule has 98 valence electrons. The van der Waals surface area contributed by atoms with Crippen LogP contribution in [0.15, 0.2) is 12.3 Å². The molecule has 4 N–H and O–H groups in total. The largest absolute Gasteiger partial charge is 0.478 e. The molecule has 0 spiro atoms. The van der Waals surface area contributed by atoms with Crippen molar-refractivity contribution >= 4 is 17.5 Å². The van der Waals surface area contributed by atoms with Crippen LogP contribution < -0.4 is 11.1 Å². The smallest absolute Gasteiger partial charge is 0.339 e. The van der Waals surface area contributed by atoms with E-state index in [1.54, 1.807) is 0 Å². The highest BCUT2D eigenvalue weighted by Gasteiger charge is 2.20. The van der Waals surface area contributed by atoms with Crippen molar-refractivity contribution in [3.05, 3.63) is 17.8 Å². The van der Waals surface area contributed by atoms with Crippen LogP contribution in [-0.2, 0) is 0 Å². The molecule has 1 aliphatic rings. The minimum Gasteiger partial charge on any atom is -0.478 e. The number of pyridine rings is 1. The van der Waals surface area contributed by atoms with Gasteiger partial charge in [0, 0.05) is 6.04 Å². The van der Waals surface area contributed by atoms with Crippen molar-refractivity contribution in [2.75, 3.05) is 11.1 Å². The van der Waals surface area contributed by atoms with E-state index in [0.29, 0.717) is 17.5 Å². The second kappa shape index (κ2) is 5.25. The molecular weight excluding hydrogens is 230 g/mol. The number of nitrogen functional groups attached to an aromatic ring is 1. The topological polar surface area (TPSA) is 88.2 Å². The standard InChI is InChI=1S/C13H19N3O2/c1-8-2-4-10(5-3-8)16-12-11(13(17)18)6-9(14)7-15-12/h6-8,10H,2-5,14H2,1H3,(H,15,16)(H,17,18). The van der Waals surface area contributed by atoms with E-state index in [0.717, 1.165) is 18.8 Å². The number of aromatic carboxylic acids is 1.